The van der Waals surface area contributed by atoms with Crippen LogP contribution in [0.15, 0.2) is 0 Å². The van der Waals surface area contributed by atoms with Crippen molar-refractivity contribution in [2.75, 3.05) is 13.1 Å². The van der Waals surface area contributed by atoms with Crippen molar-refractivity contribution in [3.8, 4) is 0 Å². The quantitative estimate of drug-likeness (QED) is 0.921. The lowest BCUT2D eigenvalue weighted by Gasteiger charge is -2.20. The third-order valence-corrected chi connectivity index (χ3v) is 4.99. The van der Waals surface area contributed by atoms with Crippen LogP contribution in [0.3, 0.4) is 0 Å². The average molecular weight is 294 g/mol. The molecule has 2 atom stereocenters. The molecule has 1 aliphatic heterocycles. The molecule has 20 heavy (non-hydrogen) atoms. The number of nitrogens with one attached hydrogen (secondary N) is 1. The second kappa shape index (κ2) is 5.41. The average Bonchev–Trinajstić information content (AvgIpc) is 3.01. The number of rotatable bonds is 4. The largest absolute Gasteiger partial charge is 0.346 e. The highest BCUT2D eigenvalue weighted by Gasteiger charge is 2.33. The third-order valence-electron chi connectivity index (χ3n) is 4.27. The van der Waals surface area contributed by atoms with Crippen molar-refractivity contribution < 1.29 is 4.79 Å². The van der Waals surface area contributed by atoms with E-state index in [9.17, 15) is 4.79 Å². The van der Waals surface area contributed by atoms with Gasteiger partial charge in [0, 0.05) is 31.1 Å². The molecule has 1 saturated heterocycles. The van der Waals surface area contributed by atoms with Crippen molar-refractivity contribution in [1.82, 2.24) is 19.6 Å². The third kappa shape index (κ3) is 2.86. The van der Waals surface area contributed by atoms with Crippen molar-refractivity contribution in [1.29, 1.82) is 0 Å². The molecule has 0 spiro atoms. The van der Waals surface area contributed by atoms with Crippen LogP contribution in [0, 0.1) is 5.92 Å². The summed E-state index contributed by atoms with van der Waals surface area (Å²) in [7, 11) is 0. The first-order chi connectivity index (χ1) is 9.54. The number of hydrogen-bond acceptors (Lipinski definition) is 5. The Kier molecular flexibility index (Phi) is 3.77. The number of hydrogen-bond donors (Lipinski definition) is 1. The van der Waals surface area contributed by atoms with Gasteiger partial charge in [0.15, 0.2) is 0 Å². The van der Waals surface area contributed by atoms with Gasteiger partial charge < -0.3 is 5.32 Å². The van der Waals surface area contributed by atoms with Gasteiger partial charge in [0.05, 0.1) is 0 Å². The summed E-state index contributed by atoms with van der Waals surface area (Å²) in [5.41, 5.74) is 0. The minimum absolute atomic E-state index is 0.0585. The van der Waals surface area contributed by atoms with Gasteiger partial charge in [-0.1, -0.05) is 6.92 Å². The molecule has 110 valence electrons. The van der Waals surface area contributed by atoms with Gasteiger partial charge in [-0.3, -0.25) is 9.69 Å². The highest BCUT2D eigenvalue weighted by molar-refractivity contribution is 7.07. The number of nitrogens with zero attached hydrogens (tertiary/aromatic N) is 3. The molecule has 1 aromatic rings. The molecule has 2 unspecified atom stereocenters. The van der Waals surface area contributed by atoms with Crippen LogP contribution in [0.25, 0.3) is 0 Å². The van der Waals surface area contributed by atoms with E-state index < -0.39 is 0 Å². The Labute approximate surface area is 123 Å². The predicted molar refractivity (Wildman–Crippen MR) is 79.0 cm³/mol. The second-order valence-corrected chi connectivity index (χ2v) is 7.09. The Hall–Kier alpha value is -1.01. The van der Waals surface area contributed by atoms with Crippen LogP contribution < -0.4 is 5.32 Å². The fraction of sp³-hybridized carbons (Fsp3) is 0.786. The first-order valence-corrected chi connectivity index (χ1v) is 8.20. The molecule has 5 nitrogen and oxygen atoms in total. The lowest BCUT2D eigenvalue weighted by molar-refractivity contribution is 0.0930. The lowest BCUT2D eigenvalue weighted by atomic mass is 10.1. The van der Waals surface area contributed by atoms with E-state index in [1.807, 2.05) is 0 Å². The number of amides is 1. The summed E-state index contributed by atoms with van der Waals surface area (Å²) in [6.45, 7) is 8.57. The van der Waals surface area contributed by atoms with Gasteiger partial charge in [-0.15, -0.1) is 0 Å². The van der Waals surface area contributed by atoms with E-state index in [0.717, 1.165) is 18.9 Å². The maximum absolute atomic E-state index is 12.3. The van der Waals surface area contributed by atoms with Gasteiger partial charge in [-0.05, 0) is 44.1 Å². The fourth-order valence-corrected chi connectivity index (χ4v) is 3.32. The minimum Gasteiger partial charge on any atom is -0.346 e. The van der Waals surface area contributed by atoms with Crippen molar-refractivity contribution in [2.45, 2.75) is 51.6 Å². The molecule has 6 heteroatoms. The smallest absolute Gasteiger partial charge is 0.282 e. The van der Waals surface area contributed by atoms with E-state index in [-0.39, 0.29) is 11.9 Å². The Morgan fingerprint density at radius 3 is 2.75 bits per heavy atom. The molecular formula is C14H22N4OS. The van der Waals surface area contributed by atoms with Crippen molar-refractivity contribution in [2.24, 2.45) is 5.92 Å². The SMILES string of the molecule is CC1CN(C(C)C)CC1NC(=O)c1nc(C2CC2)ns1. The molecule has 0 radical (unpaired) electrons. The summed E-state index contributed by atoms with van der Waals surface area (Å²) in [4.78, 5) is 19.0. The second-order valence-electron chi connectivity index (χ2n) is 6.34. The fourth-order valence-electron chi connectivity index (χ4n) is 2.68. The molecule has 2 fully saturated rings. The van der Waals surface area contributed by atoms with Crippen LogP contribution >= 0.6 is 11.5 Å². The first kappa shape index (κ1) is 13.9. The van der Waals surface area contributed by atoms with Crippen molar-refractivity contribution in [3.05, 3.63) is 10.8 Å². The maximum Gasteiger partial charge on any atom is 0.282 e. The van der Waals surface area contributed by atoms with Crippen LogP contribution in [0.1, 0.15) is 55.2 Å². The number of carbonyl (C=O) groups excluding carboxylic acids is 1. The molecule has 0 bridgehead atoms. The molecule has 1 amide bonds. The van der Waals surface area contributed by atoms with Gasteiger partial charge >= 0.3 is 0 Å². The van der Waals surface area contributed by atoms with Crippen LogP contribution in [0.5, 0.6) is 0 Å². The molecule has 1 saturated carbocycles. The van der Waals surface area contributed by atoms with Crippen LogP contribution in [-0.4, -0.2) is 45.3 Å². The minimum atomic E-state index is -0.0585. The molecule has 1 aromatic heterocycles. The Morgan fingerprint density at radius 2 is 2.15 bits per heavy atom. The molecule has 1 aliphatic carbocycles. The van der Waals surface area contributed by atoms with E-state index in [4.69, 9.17) is 0 Å². The first-order valence-electron chi connectivity index (χ1n) is 7.43. The molecule has 0 aromatic carbocycles. The topological polar surface area (TPSA) is 58.1 Å². The zero-order chi connectivity index (χ0) is 14.3. The van der Waals surface area contributed by atoms with E-state index in [1.54, 1.807) is 0 Å². The van der Waals surface area contributed by atoms with Gasteiger partial charge in [0.25, 0.3) is 5.91 Å². The molecule has 2 heterocycles. The summed E-state index contributed by atoms with van der Waals surface area (Å²) < 4.78 is 4.30. The number of aromatic nitrogens is 2. The molecular weight excluding hydrogens is 272 g/mol. The summed E-state index contributed by atoms with van der Waals surface area (Å²) in [6.07, 6.45) is 2.33. The van der Waals surface area contributed by atoms with Crippen LogP contribution in [-0.2, 0) is 0 Å². The lowest BCUT2D eigenvalue weighted by Crippen LogP contribution is -2.40. The summed E-state index contributed by atoms with van der Waals surface area (Å²) in [5.74, 6) is 1.80. The Morgan fingerprint density at radius 1 is 1.40 bits per heavy atom. The molecule has 1 N–H and O–H groups in total. The predicted octanol–water partition coefficient (Wildman–Crippen LogP) is 1.87. The normalized spacial score (nSPS) is 27.2. The van der Waals surface area contributed by atoms with Gasteiger partial charge in [0.2, 0.25) is 5.01 Å². The highest BCUT2D eigenvalue weighted by Crippen LogP contribution is 2.38. The molecule has 3 rings (SSSR count). The standard InChI is InChI=1S/C14H22N4OS/c1-8(2)18-6-9(3)11(7-18)15-13(19)14-16-12(17-20-14)10-4-5-10/h8-11H,4-7H2,1-3H3,(H,15,19). The highest BCUT2D eigenvalue weighted by atomic mass is 32.1. The van der Waals surface area contributed by atoms with Crippen molar-refractivity contribution in [3.63, 3.8) is 0 Å². The monoisotopic (exact) mass is 294 g/mol. The number of carbonyl (C=O) groups is 1. The van der Waals surface area contributed by atoms with Gasteiger partial charge in [-0.25, -0.2) is 4.98 Å². The Bertz CT molecular complexity index is 497. The molecule has 2 aliphatic rings. The Balaban J connectivity index is 1.60. The zero-order valence-corrected chi connectivity index (χ0v) is 13.1. The van der Waals surface area contributed by atoms with Crippen LogP contribution in [0.2, 0.25) is 0 Å². The zero-order valence-electron chi connectivity index (χ0n) is 12.3. The summed E-state index contributed by atoms with van der Waals surface area (Å²) in [6, 6.07) is 0.750. The van der Waals surface area contributed by atoms with E-state index in [2.05, 4.69) is 40.3 Å². The van der Waals surface area contributed by atoms with E-state index >= 15 is 0 Å². The van der Waals surface area contributed by atoms with Gasteiger partial charge in [-0.2, -0.15) is 4.37 Å². The maximum atomic E-state index is 12.3. The number of likely N-dealkylation sites (tertiary alicyclic amines) is 1. The summed E-state index contributed by atoms with van der Waals surface area (Å²) >= 11 is 1.23. The van der Waals surface area contributed by atoms with Crippen LogP contribution in [0.4, 0.5) is 0 Å². The van der Waals surface area contributed by atoms with E-state index in [1.165, 1.54) is 24.4 Å². The summed E-state index contributed by atoms with van der Waals surface area (Å²) in [5, 5.41) is 3.65. The van der Waals surface area contributed by atoms with Crippen molar-refractivity contribution >= 4 is 17.4 Å². The van der Waals surface area contributed by atoms with E-state index in [0.29, 0.717) is 22.9 Å². The van der Waals surface area contributed by atoms with Gasteiger partial charge in [0.1, 0.15) is 5.82 Å².